The van der Waals surface area contributed by atoms with Crippen LogP contribution in [-0.2, 0) is 0 Å². The minimum atomic E-state index is -0.198. The number of aryl methyl sites for hydroxylation is 1. The molecule has 1 heterocycles. The minimum Gasteiger partial charge on any atom is -0.394 e. The lowest BCUT2D eigenvalue weighted by Gasteiger charge is -2.23. The molecule has 4 heteroatoms. The Labute approximate surface area is 119 Å². The largest absolute Gasteiger partial charge is 0.394 e. The molecule has 0 radical (unpaired) electrons. The van der Waals surface area contributed by atoms with Gasteiger partial charge in [-0.1, -0.05) is 17.9 Å². The van der Waals surface area contributed by atoms with Crippen LogP contribution in [0.5, 0.6) is 0 Å². The number of likely N-dealkylation sites (tertiary alicyclic amines) is 1. The summed E-state index contributed by atoms with van der Waals surface area (Å²) < 4.78 is 0. The summed E-state index contributed by atoms with van der Waals surface area (Å²) in [5.41, 5.74) is 2.31. The van der Waals surface area contributed by atoms with E-state index in [4.69, 9.17) is 5.11 Å². The third-order valence-corrected chi connectivity index (χ3v) is 3.64. The van der Waals surface area contributed by atoms with Gasteiger partial charge >= 0.3 is 0 Å². The van der Waals surface area contributed by atoms with E-state index in [2.05, 4.69) is 11.8 Å². The Bertz CT molecular complexity index is 557. The number of carbonyl (C=O) groups is 1. The van der Waals surface area contributed by atoms with E-state index in [9.17, 15) is 9.90 Å². The number of nitrogens with zero attached hydrogens (tertiary/aromatic N) is 1. The first kappa shape index (κ1) is 14.6. The fourth-order valence-electron chi connectivity index (χ4n) is 2.48. The Kier molecular flexibility index (Phi) is 4.78. The molecule has 0 bridgehead atoms. The van der Waals surface area contributed by atoms with Crippen LogP contribution in [0.1, 0.15) is 34.3 Å². The van der Waals surface area contributed by atoms with E-state index in [1.165, 1.54) is 0 Å². The molecular weight excluding hydrogens is 254 g/mol. The van der Waals surface area contributed by atoms with Gasteiger partial charge in [0.25, 0.3) is 5.91 Å². The van der Waals surface area contributed by atoms with Crippen molar-refractivity contribution < 1.29 is 15.0 Å². The lowest BCUT2D eigenvalue weighted by molar-refractivity contribution is 0.0677. The van der Waals surface area contributed by atoms with Gasteiger partial charge in [0.05, 0.1) is 12.6 Å². The molecule has 1 aliphatic heterocycles. The van der Waals surface area contributed by atoms with Crippen LogP contribution < -0.4 is 0 Å². The zero-order valence-electron chi connectivity index (χ0n) is 11.6. The van der Waals surface area contributed by atoms with Crippen molar-refractivity contribution in [3.05, 3.63) is 34.9 Å². The van der Waals surface area contributed by atoms with Gasteiger partial charge in [-0.3, -0.25) is 4.79 Å². The SMILES string of the molecule is Cc1ccc(C(=O)N2CCCC2CO)cc1C#CCO. The van der Waals surface area contributed by atoms with Gasteiger partial charge in [-0.25, -0.2) is 0 Å². The number of hydrogen-bond acceptors (Lipinski definition) is 3. The fourth-order valence-corrected chi connectivity index (χ4v) is 2.48. The van der Waals surface area contributed by atoms with E-state index < -0.39 is 0 Å². The van der Waals surface area contributed by atoms with E-state index >= 15 is 0 Å². The van der Waals surface area contributed by atoms with Gasteiger partial charge in [-0.15, -0.1) is 0 Å². The monoisotopic (exact) mass is 273 g/mol. The summed E-state index contributed by atoms with van der Waals surface area (Å²) in [4.78, 5) is 14.2. The van der Waals surface area contributed by atoms with Gasteiger partial charge in [0, 0.05) is 17.7 Å². The van der Waals surface area contributed by atoms with Crippen LogP contribution in [0.25, 0.3) is 0 Å². The van der Waals surface area contributed by atoms with Gasteiger partial charge in [-0.05, 0) is 37.5 Å². The number of amides is 1. The maximum Gasteiger partial charge on any atom is 0.254 e. The summed E-state index contributed by atoms with van der Waals surface area (Å²) in [5.74, 6) is 5.39. The molecule has 4 nitrogen and oxygen atoms in total. The Morgan fingerprint density at radius 2 is 2.25 bits per heavy atom. The fraction of sp³-hybridized carbons (Fsp3) is 0.438. The van der Waals surface area contributed by atoms with Gasteiger partial charge in [0.2, 0.25) is 0 Å². The van der Waals surface area contributed by atoms with Crippen LogP contribution in [0.4, 0.5) is 0 Å². The molecule has 106 valence electrons. The highest BCUT2D eigenvalue weighted by Gasteiger charge is 2.28. The second kappa shape index (κ2) is 6.56. The van der Waals surface area contributed by atoms with E-state index in [-0.39, 0.29) is 25.2 Å². The summed E-state index contributed by atoms with van der Waals surface area (Å²) in [6.45, 7) is 2.42. The standard InChI is InChI=1S/C16H19NO3/c1-12-6-7-14(10-13(12)4-3-9-18)16(20)17-8-2-5-15(17)11-19/h6-7,10,15,18-19H,2,5,8-9,11H2,1H3. The molecule has 20 heavy (non-hydrogen) atoms. The molecule has 0 aliphatic carbocycles. The quantitative estimate of drug-likeness (QED) is 0.788. The van der Waals surface area contributed by atoms with Crippen LogP contribution in [0.2, 0.25) is 0 Å². The number of aliphatic hydroxyl groups is 2. The molecule has 1 amide bonds. The van der Waals surface area contributed by atoms with Gasteiger partial charge < -0.3 is 15.1 Å². The van der Waals surface area contributed by atoms with E-state index in [1.807, 2.05) is 13.0 Å². The zero-order chi connectivity index (χ0) is 14.5. The second-order valence-corrected chi connectivity index (χ2v) is 4.97. The number of rotatable bonds is 2. The van der Waals surface area contributed by atoms with E-state index in [0.717, 1.165) is 24.0 Å². The predicted octanol–water partition coefficient (Wildman–Crippen LogP) is 0.936. The van der Waals surface area contributed by atoms with Crippen molar-refractivity contribution in [2.24, 2.45) is 0 Å². The molecule has 2 rings (SSSR count). The van der Waals surface area contributed by atoms with Crippen molar-refractivity contribution >= 4 is 5.91 Å². The van der Waals surface area contributed by atoms with Crippen molar-refractivity contribution in [2.45, 2.75) is 25.8 Å². The number of carbonyl (C=O) groups excluding carboxylic acids is 1. The molecule has 1 aromatic rings. The Hall–Kier alpha value is -1.83. The first-order valence-corrected chi connectivity index (χ1v) is 6.79. The average Bonchev–Trinajstić information content (AvgIpc) is 2.94. The molecular formula is C16H19NO3. The Morgan fingerprint density at radius 3 is 2.95 bits per heavy atom. The highest BCUT2D eigenvalue weighted by atomic mass is 16.3. The van der Waals surface area contributed by atoms with Crippen molar-refractivity contribution in [1.29, 1.82) is 0 Å². The predicted molar refractivity (Wildman–Crippen MR) is 76.3 cm³/mol. The number of benzene rings is 1. The Morgan fingerprint density at radius 1 is 1.45 bits per heavy atom. The summed E-state index contributed by atoms with van der Waals surface area (Å²) in [7, 11) is 0. The third kappa shape index (κ3) is 3.01. The van der Waals surface area contributed by atoms with Gasteiger partial charge in [0.15, 0.2) is 0 Å². The topological polar surface area (TPSA) is 60.8 Å². The van der Waals surface area contributed by atoms with Gasteiger partial charge in [-0.2, -0.15) is 0 Å². The molecule has 2 N–H and O–H groups in total. The molecule has 1 unspecified atom stereocenters. The average molecular weight is 273 g/mol. The van der Waals surface area contributed by atoms with Crippen LogP contribution in [0, 0.1) is 18.8 Å². The molecule has 1 atom stereocenters. The smallest absolute Gasteiger partial charge is 0.254 e. The number of aliphatic hydroxyl groups excluding tert-OH is 2. The first-order chi connectivity index (χ1) is 9.67. The van der Waals surface area contributed by atoms with Crippen LogP contribution >= 0.6 is 0 Å². The maximum atomic E-state index is 12.5. The molecule has 0 saturated carbocycles. The number of hydrogen-bond donors (Lipinski definition) is 2. The lowest BCUT2D eigenvalue weighted by Crippen LogP contribution is -2.37. The minimum absolute atomic E-state index is 0.00871. The van der Waals surface area contributed by atoms with Crippen molar-refractivity contribution in [2.75, 3.05) is 19.8 Å². The second-order valence-electron chi connectivity index (χ2n) is 4.97. The summed E-state index contributed by atoms with van der Waals surface area (Å²) in [6.07, 6.45) is 1.78. The third-order valence-electron chi connectivity index (χ3n) is 3.64. The van der Waals surface area contributed by atoms with Crippen LogP contribution in [0.3, 0.4) is 0 Å². The summed E-state index contributed by atoms with van der Waals surface area (Å²) >= 11 is 0. The molecule has 1 saturated heterocycles. The van der Waals surface area contributed by atoms with Gasteiger partial charge in [0.1, 0.15) is 6.61 Å². The highest BCUT2D eigenvalue weighted by Crippen LogP contribution is 2.20. The summed E-state index contributed by atoms with van der Waals surface area (Å²) in [5, 5.41) is 18.1. The molecule has 0 aromatic heterocycles. The van der Waals surface area contributed by atoms with Crippen LogP contribution in [0.15, 0.2) is 18.2 Å². The van der Waals surface area contributed by atoms with E-state index in [1.54, 1.807) is 17.0 Å². The highest BCUT2D eigenvalue weighted by molar-refractivity contribution is 5.95. The Balaban J connectivity index is 2.26. The molecule has 1 fully saturated rings. The van der Waals surface area contributed by atoms with E-state index in [0.29, 0.717) is 12.1 Å². The lowest BCUT2D eigenvalue weighted by atomic mass is 10.0. The van der Waals surface area contributed by atoms with Crippen molar-refractivity contribution in [3.8, 4) is 11.8 Å². The van der Waals surface area contributed by atoms with Crippen molar-refractivity contribution in [1.82, 2.24) is 4.90 Å². The zero-order valence-corrected chi connectivity index (χ0v) is 11.6. The normalized spacial score (nSPS) is 17.8. The van der Waals surface area contributed by atoms with Crippen molar-refractivity contribution in [3.63, 3.8) is 0 Å². The molecule has 0 spiro atoms. The molecule has 1 aliphatic rings. The summed E-state index contributed by atoms with van der Waals surface area (Å²) in [6, 6.07) is 5.33. The first-order valence-electron chi connectivity index (χ1n) is 6.79. The maximum absolute atomic E-state index is 12.5. The van der Waals surface area contributed by atoms with Crippen LogP contribution in [-0.4, -0.2) is 46.8 Å². The molecule has 1 aromatic carbocycles.